The normalized spacial score (nSPS) is 13.8. The first-order valence-corrected chi connectivity index (χ1v) is 11.0. The molecule has 3 rings (SSSR count). The highest BCUT2D eigenvalue weighted by atomic mass is 16.5. The van der Waals surface area contributed by atoms with Crippen molar-refractivity contribution in [3.63, 3.8) is 0 Å². The SMILES string of the molecule is Cc1cc(-c2nc3cc(CCC(C(=O)OCC(C)(C)C)[C@@H](C)O)ccc3n2C)c[nH]c1=O. The van der Waals surface area contributed by atoms with Crippen molar-refractivity contribution in [2.75, 3.05) is 6.61 Å². The maximum atomic E-state index is 12.5. The predicted molar refractivity (Wildman–Crippen MR) is 125 cm³/mol. The number of fused-ring (bicyclic) bond motifs is 1. The lowest BCUT2D eigenvalue weighted by Gasteiger charge is -2.23. The van der Waals surface area contributed by atoms with Crippen LogP contribution in [0.5, 0.6) is 0 Å². The predicted octanol–water partition coefficient (Wildman–Crippen LogP) is 3.76. The molecule has 0 spiro atoms. The molecule has 0 bridgehead atoms. The van der Waals surface area contributed by atoms with Crippen LogP contribution in [-0.4, -0.2) is 38.3 Å². The Bertz CT molecular complexity index is 1170. The molecule has 0 saturated heterocycles. The van der Waals surface area contributed by atoms with Crippen LogP contribution >= 0.6 is 0 Å². The Morgan fingerprint density at radius 2 is 2.00 bits per heavy atom. The number of imidazole rings is 1. The lowest BCUT2D eigenvalue weighted by Crippen LogP contribution is -2.30. The van der Waals surface area contributed by atoms with E-state index in [-0.39, 0.29) is 16.9 Å². The van der Waals surface area contributed by atoms with E-state index in [0.717, 1.165) is 28.0 Å². The highest BCUT2D eigenvalue weighted by molar-refractivity contribution is 5.81. The number of pyridine rings is 1. The number of aliphatic hydroxyl groups excluding tert-OH is 1. The third kappa shape index (κ3) is 5.46. The van der Waals surface area contributed by atoms with Gasteiger partial charge in [0, 0.05) is 24.4 Å². The Kier molecular flexibility index (Phi) is 6.88. The number of carbonyl (C=O) groups excluding carboxylic acids is 1. The Balaban J connectivity index is 1.78. The van der Waals surface area contributed by atoms with Gasteiger partial charge in [-0.15, -0.1) is 0 Å². The zero-order valence-corrected chi connectivity index (χ0v) is 19.7. The van der Waals surface area contributed by atoms with E-state index in [1.807, 2.05) is 56.7 Å². The molecule has 7 nitrogen and oxygen atoms in total. The molecule has 0 aliphatic carbocycles. The van der Waals surface area contributed by atoms with Gasteiger partial charge in [-0.1, -0.05) is 26.8 Å². The van der Waals surface area contributed by atoms with Crippen molar-refractivity contribution < 1.29 is 14.6 Å². The van der Waals surface area contributed by atoms with Gasteiger partial charge >= 0.3 is 5.97 Å². The zero-order valence-electron chi connectivity index (χ0n) is 19.7. The van der Waals surface area contributed by atoms with Crippen molar-refractivity contribution in [2.24, 2.45) is 18.4 Å². The first kappa shape index (κ1) is 23.7. The number of hydrogen-bond donors (Lipinski definition) is 2. The minimum Gasteiger partial charge on any atom is -0.465 e. The molecule has 1 aromatic carbocycles. The number of nitrogens with one attached hydrogen (secondary N) is 1. The molecule has 2 aromatic heterocycles. The first-order valence-electron chi connectivity index (χ1n) is 11.0. The topological polar surface area (TPSA) is 97.2 Å². The van der Waals surface area contributed by atoms with Crippen LogP contribution in [0.15, 0.2) is 35.3 Å². The quantitative estimate of drug-likeness (QED) is 0.547. The van der Waals surface area contributed by atoms with Crippen molar-refractivity contribution in [3.8, 4) is 11.4 Å². The molecule has 0 radical (unpaired) electrons. The summed E-state index contributed by atoms with van der Waals surface area (Å²) < 4.78 is 7.43. The van der Waals surface area contributed by atoms with E-state index >= 15 is 0 Å². The van der Waals surface area contributed by atoms with E-state index in [1.165, 1.54) is 0 Å². The summed E-state index contributed by atoms with van der Waals surface area (Å²) in [4.78, 5) is 31.7. The van der Waals surface area contributed by atoms with Crippen LogP contribution in [0, 0.1) is 18.3 Å². The third-order valence-electron chi connectivity index (χ3n) is 5.57. The van der Waals surface area contributed by atoms with Crippen LogP contribution in [-0.2, 0) is 23.0 Å². The van der Waals surface area contributed by atoms with Crippen molar-refractivity contribution in [1.29, 1.82) is 0 Å². The number of rotatable bonds is 7. The molecule has 0 aliphatic heterocycles. The van der Waals surface area contributed by atoms with Gasteiger partial charge in [-0.2, -0.15) is 0 Å². The molecule has 3 aromatic rings. The average Bonchev–Trinajstić information content (AvgIpc) is 3.04. The number of aryl methyl sites for hydroxylation is 3. The largest absolute Gasteiger partial charge is 0.465 e. The van der Waals surface area contributed by atoms with Gasteiger partial charge in [-0.3, -0.25) is 9.59 Å². The van der Waals surface area contributed by atoms with Gasteiger partial charge < -0.3 is 19.4 Å². The van der Waals surface area contributed by atoms with Gasteiger partial charge in [-0.05, 0) is 55.9 Å². The number of aromatic amines is 1. The number of benzene rings is 1. The smallest absolute Gasteiger partial charge is 0.311 e. The van der Waals surface area contributed by atoms with E-state index in [0.29, 0.717) is 25.0 Å². The summed E-state index contributed by atoms with van der Waals surface area (Å²) in [6, 6.07) is 7.87. The minimum atomic E-state index is -0.781. The number of carbonyl (C=O) groups is 1. The molecule has 172 valence electrons. The van der Waals surface area contributed by atoms with Gasteiger partial charge in [-0.25, -0.2) is 4.98 Å². The number of ether oxygens (including phenoxy) is 1. The number of esters is 1. The maximum Gasteiger partial charge on any atom is 0.311 e. The summed E-state index contributed by atoms with van der Waals surface area (Å²) in [5.74, 6) is -0.162. The van der Waals surface area contributed by atoms with Crippen molar-refractivity contribution >= 4 is 17.0 Å². The van der Waals surface area contributed by atoms with E-state index in [4.69, 9.17) is 9.72 Å². The third-order valence-corrected chi connectivity index (χ3v) is 5.57. The van der Waals surface area contributed by atoms with E-state index in [2.05, 4.69) is 4.98 Å². The van der Waals surface area contributed by atoms with Crippen LogP contribution in [0.3, 0.4) is 0 Å². The fourth-order valence-electron chi connectivity index (χ4n) is 3.66. The Morgan fingerprint density at radius 1 is 1.28 bits per heavy atom. The van der Waals surface area contributed by atoms with Crippen molar-refractivity contribution in [1.82, 2.24) is 14.5 Å². The molecule has 2 N–H and O–H groups in total. The van der Waals surface area contributed by atoms with Gasteiger partial charge in [0.05, 0.1) is 29.7 Å². The van der Waals surface area contributed by atoms with Gasteiger partial charge in [0.1, 0.15) is 5.82 Å². The number of aliphatic hydroxyl groups is 1. The van der Waals surface area contributed by atoms with Crippen LogP contribution in [0.2, 0.25) is 0 Å². The molecule has 0 saturated carbocycles. The average molecular weight is 440 g/mol. The van der Waals surface area contributed by atoms with E-state index in [9.17, 15) is 14.7 Å². The van der Waals surface area contributed by atoms with Gasteiger partial charge in [0.25, 0.3) is 5.56 Å². The van der Waals surface area contributed by atoms with Gasteiger partial charge in [0.2, 0.25) is 0 Å². The second-order valence-electron chi connectivity index (χ2n) is 9.77. The monoisotopic (exact) mass is 439 g/mol. The summed E-state index contributed by atoms with van der Waals surface area (Å²) in [5, 5.41) is 10.1. The van der Waals surface area contributed by atoms with Crippen LogP contribution in [0.1, 0.15) is 45.2 Å². The summed E-state index contributed by atoms with van der Waals surface area (Å²) >= 11 is 0. The summed E-state index contributed by atoms with van der Waals surface area (Å²) in [6.07, 6.45) is 2.01. The zero-order chi connectivity index (χ0) is 23.6. The first-order chi connectivity index (χ1) is 15.0. The molecule has 7 heteroatoms. The second kappa shape index (κ2) is 9.28. The number of H-pyrrole nitrogens is 1. The fourth-order valence-corrected chi connectivity index (χ4v) is 3.66. The second-order valence-corrected chi connectivity index (χ2v) is 9.77. The van der Waals surface area contributed by atoms with Gasteiger partial charge in [0.15, 0.2) is 0 Å². The molecule has 1 unspecified atom stereocenters. The number of nitrogens with zero attached hydrogens (tertiary/aromatic N) is 2. The van der Waals surface area contributed by atoms with Crippen molar-refractivity contribution in [2.45, 2.75) is 53.6 Å². The Labute approximate surface area is 188 Å². The molecule has 0 amide bonds. The highest BCUT2D eigenvalue weighted by Crippen LogP contribution is 2.25. The highest BCUT2D eigenvalue weighted by Gasteiger charge is 2.26. The molecule has 0 fully saturated rings. The fraction of sp³-hybridized carbons (Fsp3) is 0.480. The Hall–Kier alpha value is -2.93. The molecular formula is C25H33N3O4. The molecule has 32 heavy (non-hydrogen) atoms. The van der Waals surface area contributed by atoms with Crippen molar-refractivity contribution in [3.05, 3.63) is 51.9 Å². The lowest BCUT2D eigenvalue weighted by atomic mass is 9.94. The summed E-state index contributed by atoms with van der Waals surface area (Å²) in [6.45, 7) is 9.73. The molecule has 0 aliphatic rings. The maximum absolute atomic E-state index is 12.5. The molecular weight excluding hydrogens is 406 g/mol. The molecule has 2 heterocycles. The number of hydrogen-bond acceptors (Lipinski definition) is 5. The minimum absolute atomic E-state index is 0.108. The van der Waals surface area contributed by atoms with E-state index in [1.54, 1.807) is 20.0 Å². The number of aromatic nitrogens is 3. The standard InChI is InChI=1S/C25H33N3O4/c1-15-11-18(13-26-23(15)30)22-27-20-12-17(8-10-21(20)28(22)6)7-9-19(16(2)29)24(31)32-14-25(3,4)5/h8,10-13,16,19,29H,7,9,14H2,1-6H3,(H,26,30)/t16-,19?/m1/s1. The van der Waals surface area contributed by atoms with E-state index < -0.39 is 12.0 Å². The van der Waals surface area contributed by atoms with Crippen LogP contribution < -0.4 is 5.56 Å². The summed E-state index contributed by atoms with van der Waals surface area (Å²) in [5.41, 5.74) is 4.11. The van der Waals surface area contributed by atoms with Crippen LogP contribution in [0.25, 0.3) is 22.4 Å². The summed E-state index contributed by atoms with van der Waals surface area (Å²) in [7, 11) is 1.94. The van der Waals surface area contributed by atoms with Crippen LogP contribution in [0.4, 0.5) is 0 Å². The molecule has 2 atom stereocenters. The lowest BCUT2D eigenvalue weighted by molar-refractivity contribution is -0.155. The Morgan fingerprint density at radius 3 is 2.62 bits per heavy atom.